The lowest BCUT2D eigenvalue weighted by molar-refractivity contribution is 0.151. The Kier molecular flexibility index (Phi) is 6.12. The van der Waals surface area contributed by atoms with Crippen molar-refractivity contribution >= 4 is 0 Å². The topological polar surface area (TPSA) is 35.2 Å². The lowest BCUT2D eigenvalue weighted by Crippen LogP contribution is -2.31. The molecule has 89 valence electrons. The Balaban J connectivity index is 2.66. The van der Waals surface area contributed by atoms with Gasteiger partial charge < -0.3 is 10.5 Å². The van der Waals surface area contributed by atoms with Gasteiger partial charge in [-0.1, -0.05) is 50.1 Å². The van der Waals surface area contributed by atoms with E-state index < -0.39 is 0 Å². The van der Waals surface area contributed by atoms with Gasteiger partial charge >= 0.3 is 0 Å². The summed E-state index contributed by atoms with van der Waals surface area (Å²) in [5.74, 6) is 0. The van der Waals surface area contributed by atoms with Crippen LogP contribution in [0.25, 0.3) is 0 Å². The number of hydrogen-bond donors (Lipinski definition) is 1. The van der Waals surface area contributed by atoms with E-state index in [0.717, 1.165) is 24.5 Å². The second-order valence-corrected chi connectivity index (χ2v) is 3.91. The zero-order valence-electron chi connectivity index (χ0n) is 10.3. The van der Waals surface area contributed by atoms with E-state index in [1.54, 1.807) is 0 Å². The number of rotatable bonds is 7. The van der Waals surface area contributed by atoms with Gasteiger partial charge in [0, 0.05) is 12.6 Å². The predicted molar refractivity (Wildman–Crippen MR) is 67.9 cm³/mol. The minimum atomic E-state index is 0.0160. The number of ether oxygens (including phenoxy) is 1. The maximum atomic E-state index is 6.16. The van der Waals surface area contributed by atoms with Crippen molar-refractivity contribution in [1.29, 1.82) is 0 Å². The van der Waals surface area contributed by atoms with Crippen LogP contribution in [0.4, 0.5) is 0 Å². The van der Waals surface area contributed by atoms with Crippen molar-refractivity contribution in [1.82, 2.24) is 0 Å². The highest BCUT2D eigenvalue weighted by atomic mass is 16.5. The van der Waals surface area contributed by atoms with Gasteiger partial charge in [-0.05, 0) is 18.9 Å². The van der Waals surface area contributed by atoms with Crippen LogP contribution >= 0.6 is 0 Å². The van der Waals surface area contributed by atoms with Crippen LogP contribution in [0.5, 0.6) is 0 Å². The van der Waals surface area contributed by atoms with Crippen molar-refractivity contribution < 1.29 is 4.74 Å². The molecular formula is C14H22NO. The first kappa shape index (κ1) is 13.2. The molecule has 1 radical (unpaired) electrons. The van der Waals surface area contributed by atoms with Gasteiger partial charge in [0.25, 0.3) is 0 Å². The van der Waals surface area contributed by atoms with Crippen LogP contribution in [-0.2, 0) is 4.74 Å². The fraction of sp³-hybridized carbons (Fsp3) is 0.500. The van der Waals surface area contributed by atoms with Gasteiger partial charge in [-0.3, -0.25) is 0 Å². The highest BCUT2D eigenvalue weighted by Crippen LogP contribution is 2.21. The molecule has 1 atom stereocenters. The van der Waals surface area contributed by atoms with Crippen molar-refractivity contribution in [3.8, 4) is 0 Å². The zero-order valence-corrected chi connectivity index (χ0v) is 10.3. The second kappa shape index (κ2) is 7.42. The second-order valence-electron chi connectivity index (χ2n) is 3.91. The van der Waals surface area contributed by atoms with E-state index in [4.69, 9.17) is 10.5 Å². The third-order valence-corrected chi connectivity index (χ3v) is 2.56. The molecule has 0 saturated heterocycles. The smallest absolute Gasteiger partial charge is 0.143 e. The van der Waals surface area contributed by atoms with E-state index in [0.29, 0.717) is 6.61 Å². The van der Waals surface area contributed by atoms with Crippen molar-refractivity contribution in [2.75, 3.05) is 6.61 Å². The fourth-order valence-electron chi connectivity index (χ4n) is 1.72. The number of unbranched alkanes of at least 4 members (excludes halogenated alkanes) is 1. The molecule has 0 bridgehead atoms. The van der Waals surface area contributed by atoms with Crippen LogP contribution < -0.4 is 5.73 Å². The summed E-state index contributed by atoms with van der Waals surface area (Å²) in [5.41, 5.74) is 7.26. The average molecular weight is 220 g/mol. The molecule has 16 heavy (non-hydrogen) atoms. The van der Waals surface area contributed by atoms with Crippen LogP contribution in [-0.4, -0.2) is 12.6 Å². The molecule has 0 spiro atoms. The summed E-state index contributed by atoms with van der Waals surface area (Å²) in [5, 5.41) is 0. The molecule has 0 aromatic heterocycles. The Hall–Kier alpha value is -0.860. The van der Waals surface area contributed by atoms with Crippen LogP contribution in [0.1, 0.15) is 38.7 Å². The van der Waals surface area contributed by atoms with E-state index >= 15 is 0 Å². The molecule has 0 amide bonds. The standard InChI is InChI=1S/C14H22NO/c1-3-5-11-13(15)14(16-4-2)12-9-7-6-8-10-12/h6-10,13H,3-5,11,15H2,1-2H3. The lowest BCUT2D eigenvalue weighted by Gasteiger charge is -2.22. The first-order valence-corrected chi connectivity index (χ1v) is 6.10. The Morgan fingerprint density at radius 1 is 1.25 bits per heavy atom. The quantitative estimate of drug-likeness (QED) is 0.766. The molecule has 0 aliphatic carbocycles. The molecule has 2 nitrogen and oxygen atoms in total. The maximum absolute atomic E-state index is 6.16. The third-order valence-electron chi connectivity index (χ3n) is 2.56. The molecular weight excluding hydrogens is 198 g/mol. The van der Waals surface area contributed by atoms with Crippen LogP contribution in [0.15, 0.2) is 30.3 Å². The molecule has 0 fully saturated rings. The zero-order chi connectivity index (χ0) is 11.8. The van der Waals surface area contributed by atoms with Crippen molar-refractivity contribution in [2.45, 2.75) is 39.2 Å². The molecule has 0 aliphatic heterocycles. The molecule has 1 unspecified atom stereocenters. The van der Waals surface area contributed by atoms with Crippen LogP contribution in [0.2, 0.25) is 0 Å². The molecule has 0 saturated carbocycles. The van der Waals surface area contributed by atoms with Crippen molar-refractivity contribution in [2.24, 2.45) is 5.73 Å². The first-order chi connectivity index (χ1) is 7.79. The molecule has 1 aromatic rings. The Morgan fingerprint density at radius 2 is 1.94 bits per heavy atom. The van der Waals surface area contributed by atoms with Gasteiger partial charge in [0.05, 0.1) is 0 Å². The van der Waals surface area contributed by atoms with Gasteiger partial charge in [-0.25, -0.2) is 0 Å². The van der Waals surface area contributed by atoms with Gasteiger partial charge in [0.15, 0.2) is 0 Å². The highest BCUT2D eigenvalue weighted by Gasteiger charge is 2.20. The lowest BCUT2D eigenvalue weighted by atomic mass is 9.98. The van der Waals surface area contributed by atoms with Crippen LogP contribution in [0.3, 0.4) is 0 Å². The number of hydrogen-bond acceptors (Lipinski definition) is 2. The monoisotopic (exact) mass is 220 g/mol. The van der Waals surface area contributed by atoms with E-state index in [1.807, 2.05) is 25.1 Å². The Labute approximate surface area is 98.8 Å². The number of nitrogens with two attached hydrogens (primary N) is 1. The third kappa shape index (κ3) is 3.95. The summed E-state index contributed by atoms with van der Waals surface area (Å²) in [6, 6.07) is 10.2. The van der Waals surface area contributed by atoms with E-state index in [-0.39, 0.29) is 6.04 Å². The average Bonchev–Trinajstić information content (AvgIpc) is 2.34. The van der Waals surface area contributed by atoms with Gasteiger partial charge in [0.1, 0.15) is 6.10 Å². The predicted octanol–water partition coefficient (Wildman–Crippen LogP) is 3.12. The van der Waals surface area contributed by atoms with Crippen molar-refractivity contribution in [3.05, 3.63) is 42.0 Å². The molecule has 1 aromatic carbocycles. The van der Waals surface area contributed by atoms with E-state index in [1.165, 1.54) is 6.42 Å². The summed E-state index contributed by atoms with van der Waals surface area (Å²) in [6.45, 7) is 4.84. The molecule has 1 rings (SSSR count). The maximum Gasteiger partial charge on any atom is 0.143 e. The fourth-order valence-corrected chi connectivity index (χ4v) is 1.72. The largest absolute Gasteiger partial charge is 0.365 e. The van der Waals surface area contributed by atoms with Gasteiger partial charge in [0.2, 0.25) is 0 Å². The molecule has 2 heteroatoms. The summed E-state index contributed by atoms with van der Waals surface area (Å²) >= 11 is 0. The number of benzene rings is 1. The minimum absolute atomic E-state index is 0.0160. The van der Waals surface area contributed by atoms with Crippen LogP contribution in [0, 0.1) is 6.10 Å². The molecule has 0 aliphatic rings. The summed E-state index contributed by atoms with van der Waals surface area (Å²) in [4.78, 5) is 0. The Bertz CT molecular complexity index is 273. The Morgan fingerprint density at radius 3 is 2.50 bits per heavy atom. The van der Waals surface area contributed by atoms with Crippen molar-refractivity contribution in [3.63, 3.8) is 0 Å². The highest BCUT2D eigenvalue weighted by molar-refractivity contribution is 5.29. The van der Waals surface area contributed by atoms with Gasteiger partial charge in [-0.15, -0.1) is 0 Å². The summed E-state index contributed by atoms with van der Waals surface area (Å²) in [7, 11) is 0. The van der Waals surface area contributed by atoms with E-state index in [9.17, 15) is 0 Å². The van der Waals surface area contributed by atoms with Gasteiger partial charge in [-0.2, -0.15) is 0 Å². The molecule has 2 N–H and O–H groups in total. The molecule has 0 heterocycles. The summed E-state index contributed by atoms with van der Waals surface area (Å²) in [6.07, 6.45) is 4.23. The summed E-state index contributed by atoms with van der Waals surface area (Å²) < 4.78 is 5.68. The van der Waals surface area contributed by atoms with E-state index in [2.05, 4.69) is 19.1 Å². The normalized spacial score (nSPS) is 13.0. The first-order valence-electron chi connectivity index (χ1n) is 6.10. The minimum Gasteiger partial charge on any atom is -0.365 e. The SMILES string of the molecule is CCCCC(N)[C](OCC)c1ccccc1.